The van der Waals surface area contributed by atoms with Crippen molar-refractivity contribution >= 4 is 32.1 Å². The number of aliphatic hydroxyl groups is 1. The van der Waals surface area contributed by atoms with Gasteiger partial charge >= 0.3 is 6.18 Å². The van der Waals surface area contributed by atoms with E-state index in [0.717, 1.165) is 31.6 Å². The highest BCUT2D eigenvalue weighted by Crippen LogP contribution is 2.31. The van der Waals surface area contributed by atoms with Crippen molar-refractivity contribution in [2.45, 2.75) is 43.4 Å². The molecule has 1 aromatic heterocycles. The maximum Gasteiger partial charge on any atom is 0.406 e. The second kappa shape index (κ2) is 12.3. The molecule has 39 heavy (non-hydrogen) atoms. The summed E-state index contributed by atoms with van der Waals surface area (Å²) >= 11 is 0. The van der Waals surface area contributed by atoms with E-state index in [9.17, 15) is 21.6 Å². The molecule has 0 spiro atoms. The van der Waals surface area contributed by atoms with E-state index in [2.05, 4.69) is 27.4 Å². The fourth-order valence-electron chi connectivity index (χ4n) is 4.75. The van der Waals surface area contributed by atoms with Crippen LogP contribution >= 0.6 is 0 Å². The molecule has 3 N–H and O–H groups in total. The molecule has 210 valence electrons. The van der Waals surface area contributed by atoms with Crippen LogP contribution in [0.25, 0.3) is 10.9 Å². The predicted octanol–water partition coefficient (Wildman–Crippen LogP) is 4.33. The molecule has 0 radical (unpaired) electrons. The number of halogens is 3. The van der Waals surface area contributed by atoms with Crippen molar-refractivity contribution in [3.8, 4) is 11.8 Å². The first-order valence-electron chi connectivity index (χ1n) is 12.9. The molecule has 0 bridgehead atoms. The van der Waals surface area contributed by atoms with Crippen LogP contribution in [0.2, 0.25) is 0 Å². The number of nitrogens with one attached hydrogen (secondary N) is 2. The van der Waals surface area contributed by atoms with Crippen LogP contribution in [0, 0.1) is 11.8 Å². The summed E-state index contributed by atoms with van der Waals surface area (Å²) in [5, 5.41) is 16.4. The van der Waals surface area contributed by atoms with Gasteiger partial charge in [0.25, 0.3) is 0 Å². The third kappa shape index (κ3) is 7.47. The minimum Gasteiger partial charge on any atom is -0.395 e. The van der Waals surface area contributed by atoms with Gasteiger partial charge < -0.3 is 25.2 Å². The highest BCUT2D eigenvalue weighted by atomic mass is 32.2. The first-order valence-corrected chi connectivity index (χ1v) is 14.6. The van der Waals surface area contributed by atoms with Gasteiger partial charge in [0.15, 0.2) is 9.84 Å². The number of likely N-dealkylation sites (tertiary alicyclic amines) is 1. The lowest BCUT2D eigenvalue weighted by Gasteiger charge is -2.32. The molecule has 1 aliphatic rings. The average Bonchev–Trinajstić information content (AvgIpc) is 3.25. The third-order valence-corrected chi connectivity index (χ3v) is 8.59. The van der Waals surface area contributed by atoms with E-state index in [4.69, 9.17) is 5.11 Å². The first-order chi connectivity index (χ1) is 18.6. The number of fused-ring (bicyclic) bond motifs is 1. The molecule has 7 nitrogen and oxygen atoms in total. The summed E-state index contributed by atoms with van der Waals surface area (Å²) in [6, 6.07) is 13.5. The number of rotatable bonds is 9. The van der Waals surface area contributed by atoms with Crippen molar-refractivity contribution in [1.29, 1.82) is 0 Å². The Hall–Kier alpha value is -3.20. The highest BCUT2D eigenvalue weighted by Gasteiger charge is 2.30. The molecule has 0 atom stereocenters. The van der Waals surface area contributed by atoms with Gasteiger partial charge in [0.05, 0.1) is 35.0 Å². The second-order valence-electron chi connectivity index (χ2n) is 9.54. The van der Waals surface area contributed by atoms with E-state index in [1.54, 1.807) is 37.3 Å². The zero-order chi connectivity index (χ0) is 28.0. The second-order valence-corrected chi connectivity index (χ2v) is 11.8. The molecular formula is C28H33F3N4O3S. The SMILES string of the molecule is CCS(=O)(=O)c1ccc(NCC#Cc2cc3c(NC4CCN(CCO)CC4)cccc3n2CC(F)(F)F)cc1. The molecule has 1 aliphatic heterocycles. The van der Waals surface area contributed by atoms with Gasteiger partial charge in [0, 0.05) is 42.4 Å². The van der Waals surface area contributed by atoms with E-state index < -0.39 is 22.6 Å². The topological polar surface area (TPSA) is 86.6 Å². The molecule has 1 saturated heterocycles. The lowest BCUT2D eigenvalue weighted by molar-refractivity contribution is -0.140. The lowest BCUT2D eigenvalue weighted by Crippen LogP contribution is -2.40. The van der Waals surface area contributed by atoms with E-state index >= 15 is 0 Å². The van der Waals surface area contributed by atoms with Crippen molar-refractivity contribution < 1.29 is 26.7 Å². The van der Waals surface area contributed by atoms with E-state index in [0.29, 0.717) is 23.1 Å². The smallest absolute Gasteiger partial charge is 0.395 e. The number of piperidine rings is 1. The molecule has 0 aliphatic carbocycles. The van der Waals surface area contributed by atoms with Crippen LogP contribution in [0.4, 0.5) is 24.5 Å². The number of hydrogen-bond donors (Lipinski definition) is 3. The van der Waals surface area contributed by atoms with Crippen molar-refractivity contribution in [3.63, 3.8) is 0 Å². The Kier molecular flexibility index (Phi) is 9.10. The van der Waals surface area contributed by atoms with Gasteiger partial charge in [0.1, 0.15) is 6.54 Å². The number of aliphatic hydroxyl groups excluding tert-OH is 1. The Labute approximate surface area is 226 Å². The summed E-state index contributed by atoms with van der Waals surface area (Å²) in [5.74, 6) is 5.80. The van der Waals surface area contributed by atoms with Gasteiger partial charge in [-0.25, -0.2) is 8.42 Å². The van der Waals surface area contributed by atoms with E-state index in [-0.39, 0.29) is 35.5 Å². The first kappa shape index (κ1) is 28.8. The van der Waals surface area contributed by atoms with Crippen molar-refractivity contribution in [3.05, 3.63) is 54.2 Å². The number of hydrogen-bond acceptors (Lipinski definition) is 6. The largest absolute Gasteiger partial charge is 0.406 e. The highest BCUT2D eigenvalue weighted by molar-refractivity contribution is 7.91. The summed E-state index contributed by atoms with van der Waals surface area (Å²) in [6.07, 6.45) is -2.66. The van der Waals surface area contributed by atoms with Gasteiger partial charge in [0.2, 0.25) is 0 Å². The predicted molar refractivity (Wildman–Crippen MR) is 148 cm³/mol. The number of aromatic nitrogens is 1. The maximum atomic E-state index is 13.5. The fourth-order valence-corrected chi connectivity index (χ4v) is 5.64. The molecule has 4 rings (SSSR count). The van der Waals surface area contributed by atoms with Crippen LogP contribution in [-0.4, -0.2) is 73.7 Å². The third-order valence-electron chi connectivity index (χ3n) is 6.84. The Morgan fingerprint density at radius 2 is 1.82 bits per heavy atom. The number of alkyl halides is 3. The summed E-state index contributed by atoms with van der Waals surface area (Å²) < 4.78 is 65.6. The molecule has 2 aromatic carbocycles. The van der Waals surface area contributed by atoms with Gasteiger partial charge in [-0.2, -0.15) is 13.2 Å². The Morgan fingerprint density at radius 3 is 2.46 bits per heavy atom. The number of benzene rings is 2. The molecular weight excluding hydrogens is 529 g/mol. The molecule has 3 aromatic rings. The summed E-state index contributed by atoms with van der Waals surface area (Å²) in [7, 11) is -3.29. The van der Waals surface area contributed by atoms with Crippen LogP contribution in [0.3, 0.4) is 0 Å². The van der Waals surface area contributed by atoms with Crippen LogP contribution in [0.15, 0.2) is 53.4 Å². The number of β-amino-alcohol motifs (C(OH)–C–C–N with tert-alkyl or cyclic N) is 1. The van der Waals surface area contributed by atoms with Gasteiger partial charge in [-0.1, -0.05) is 18.9 Å². The van der Waals surface area contributed by atoms with Gasteiger partial charge in [-0.3, -0.25) is 0 Å². The van der Waals surface area contributed by atoms with Gasteiger partial charge in [-0.05, 0) is 61.2 Å². The molecule has 0 unspecified atom stereocenters. The Balaban J connectivity index is 1.52. The van der Waals surface area contributed by atoms with Crippen molar-refractivity contribution in [1.82, 2.24) is 9.47 Å². The van der Waals surface area contributed by atoms with Crippen molar-refractivity contribution in [2.24, 2.45) is 0 Å². The van der Waals surface area contributed by atoms with Crippen LogP contribution < -0.4 is 10.6 Å². The zero-order valence-electron chi connectivity index (χ0n) is 21.8. The summed E-state index contributed by atoms with van der Waals surface area (Å²) in [5.41, 5.74) is 2.16. The lowest BCUT2D eigenvalue weighted by atomic mass is 10.0. The Morgan fingerprint density at radius 1 is 1.10 bits per heavy atom. The minimum atomic E-state index is -4.41. The van der Waals surface area contributed by atoms with Crippen LogP contribution in [0.5, 0.6) is 0 Å². The molecule has 11 heteroatoms. The minimum absolute atomic E-state index is 0.0122. The maximum absolute atomic E-state index is 13.5. The van der Waals surface area contributed by atoms with E-state index in [1.807, 2.05) is 6.07 Å². The van der Waals surface area contributed by atoms with Crippen LogP contribution in [-0.2, 0) is 16.4 Å². The monoisotopic (exact) mass is 562 g/mol. The molecule has 0 amide bonds. The number of sulfone groups is 1. The van der Waals surface area contributed by atoms with Crippen molar-refractivity contribution in [2.75, 3.05) is 49.2 Å². The number of anilines is 2. The Bertz CT molecular complexity index is 1430. The van der Waals surface area contributed by atoms with Gasteiger partial charge in [-0.15, -0.1) is 0 Å². The quantitative estimate of drug-likeness (QED) is 0.337. The summed E-state index contributed by atoms with van der Waals surface area (Å²) in [4.78, 5) is 2.43. The normalized spacial score (nSPS) is 15.2. The zero-order valence-corrected chi connectivity index (χ0v) is 22.6. The molecule has 0 saturated carbocycles. The fraction of sp³-hybridized carbons (Fsp3) is 0.429. The van der Waals surface area contributed by atoms with Crippen LogP contribution in [0.1, 0.15) is 25.5 Å². The number of nitrogens with zero attached hydrogens (tertiary/aromatic N) is 2. The molecule has 1 fully saturated rings. The molecule has 2 heterocycles. The van der Waals surface area contributed by atoms with E-state index in [1.165, 1.54) is 16.7 Å². The standard InChI is InChI=1S/C28H33F3N4O3S/c1-2-39(37,38)24-10-8-21(9-11-24)32-14-4-5-23-19-25-26(33-22-12-15-34(16-13-22)17-18-36)6-3-7-27(25)35(23)20-28(29,30)31/h3,6-11,19,22,32-33,36H,2,12-18,20H2,1H3. The summed E-state index contributed by atoms with van der Waals surface area (Å²) in [6.45, 7) is 3.08. The average molecular weight is 563 g/mol.